The number of H-pyrrole nitrogens is 1. The topological polar surface area (TPSA) is 139 Å². The molecule has 1 heterocycles. The van der Waals surface area contributed by atoms with Crippen LogP contribution in [0.5, 0.6) is 5.75 Å². The highest BCUT2D eigenvalue weighted by molar-refractivity contribution is 5.83. The maximum Gasteiger partial charge on any atom is 0.337 e. The molecule has 2 unspecified atom stereocenters. The third kappa shape index (κ3) is 8.18. The normalized spacial score (nSPS) is 12.6. The van der Waals surface area contributed by atoms with Gasteiger partial charge in [-0.1, -0.05) is 60.7 Å². The minimum atomic E-state index is -1.41. The Kier molecular flexibility index (Phi) is 10.0. The number of carboxylic acids is 1. The molecule has 38 heavy (non-hydrogen) atoms. The lowest BCUT2D eigenvalue weighted by Crippen LogP contribution is -2.46. The summed E-state index contributed by atoms with van der Waals surface area (Å²) in [6.07, 6.45) is 0.809. The highest BCUT2D eigenvalue weighted by atomic mass is 16.5. The molecular formula is C30H33N3O5. The number of carboxylic acid groups (broad SMARTS) is 1. The number of fused-ring (bicyclic) bond motifs is 1. The minimum absolute atomic E-state index is 0.134. The van der Waals surface area contributed by atoms with E-state index in [4.69, 9.17) is 20.2 Å². The molecule has 0 amide bonds. The van der Waals surface area contributed by atoms with E-state index in [0.717, 1.165) is 11.9 Å². The lowest BCUT2D eigenvalue weighted by atomic mass is 9.94. The fourth-order valence-corrected chi connectivity index (χ4v) is 3.92. The molecule has 5 N–H and O–H groups in total. The Hall–Kier alpha value is -4.16. The molecule has 2 atom stereocenters. The van der Waals surface area contributed by atoms with Crippen LogP contribution in [0, 0.1) is 11.3 Å². The number of nitrogens with zero attached hydrogens (tertiary/aromatic N) is 1. The average Bonchev–Trinajstić information content (AvgIpc) is 3.33. The highest BCUT2D eigenvalue weighted by Crippen LogP contribution is 2.22. The van der Waals surface area contributed by atoms with Crippen molar-refractivity contribution in [3.63, 3.8) is 0 Å². The standard InChI is InChI=1S/C22H25N3O2.C8H8O3/c1-22(2,11-17-13-24-20-9-5-4-8-19(17)20)25-14-18(26)15-27-21-10-6-3-7-16(21)12-23;9-7(8(10)11)6-4-2-1-3-5-6/h3-10,13,18,24-26H,11,14-15H2,1-2H3;1-5,7,9H,(H,10,11). The van der Waals surface area contributed by atoms with Gasteiger partial charge in [-0.2, -0.15) is 5.26 Å². The number of nitrogens with one attached hydrogen (secondary N) is 2. The number of carbonyl (C=O) groups is 1. The number of rotatable bonds is 10. The number of aliphatic carboxylic acids is 1. The minimum Gasteiger partial charge on any atom is -0.489 e. The number of β-amino-alcohol motifs (C(OH)–C–C–N with tert-alkyl or cyclic N) is 1. The van der Waals surface area contributed by atoms with Crippen molar-refractivity contribution >= 4 is 16.9 Å². The Labute approximate surface area is 222 Å². The molecule has 4 rings (SSSR count). The van der Waals surface area contributed by atoms with Crippen molar-refractivity contribution in [3.05, 3.63) is 102 Å². The summed E-state index contributed by atoms with van der Waals surface area (Å²) in [6.45, 7) is 4.78. The van der Waals surface area contributed by atoms with Crippen LogP contribution >= 0.6 is 0 Å². The van der Waals surface area contributed by atoms with Gasteiger partial charge in [0.1, 0.15) is 24.5 Å². The van der Waals surface area contributed by atoms with Gasteiger partial charge in [-0.25, -0.2) is 4.79 Å². The SMILES string of the molecule is CC(C)(Cc1c[nH]c2ccccc12)NCC(O)COc1ccccc1C#N.O=C(O)C(O)c1ccccc1. The average molecular weight is 516 g/mol. The van der Waals surface area contributed by atoms with Crippen molar-refractivity contribution in [2.45, 2.75) is 38.0 Å². The number of para-hydroxylation sites is 2. The van der Waals surface area contributed by atoms with Crippen LogP contribution in [0.1, 0.15) is 36.6 Å². The predicted molar refractivity (Wildman–Crippen MR) is 146 cm³/mol. The van der Waals surface area contributed by atoms with E-state index < -0.39 is 18.2 Å². The predicted octanol–water partition coefficient (Wildman–Crippen LogP) is 4.19. The van der Waals surface area contributed by atoms with Crippen LogP contribution in [0.4, 0.5) is 0 Å². The fraction of sp³-hybridized carbons (Fsp3) is 0.267. The first kappa shape index (κ1) is 28.4. The number of aliphatic hydroxyl groups excluding tert-OH is 2. The Morgan fingerprint density at radius 3 is 2.39 bits per heavy atom. The van der Waals surface area contributed by atoms with E-state index in [1.165, 1.54) is 10.9 Å². The van der Waals surface area contributed by atoms with E-state index in [1.54, 1.807) is 48.5 Å². The van der Waals surface area contributed by atoms with Crippen molar-refractivity contribution in [1.82, 2.24) is 10.3 Å². The zero-order valence-corrected chi connectivity index (χ0v) is 21.5. The van der Waals surface area contributed by atoms with E-state index in [1.807, 2.05) is 24.4 Å². The van der Waals surface area contributed by atoms with Gasteiger partial charge >= 0.3 is 5.97 Å². The van der Waals surface area contributed by atoms with E-state index >= 15 is 0 Å². The van der Waals surface area contributed by atoms with Gasteiger partial charge in [0.2, 0.25) is 0 Å². The van der Waals surface area contributed by atoms with Crippen molar-refractivity contribution in [2.75, 3.05) is 13.2 Å². The molecule has 0 saturated heterocycles. The Morgan fingerprint density at radius 2 is 1.68 bits per heavy atom. The molecule has 0 bridgehead atoms. The van der Waals surface area contributed by atoms with Gasteiger partial charge in [0.05, 0.1) is 5.56 Å². The van der Waals surface area contributed by atoms with Gasteiger partial charge in [-0.15, -0.1) is 0 Å². The van der Waals surface area contributed by atoms with Gasteiger partial charge in [0, 0.05) is 29.2 Å². The monoisotopic (exact) mass is 515 g/mol. The maximum absolute atomic E-state index is 10.3. The molecule has 0 aliphatic carbocycles. The van der Waals surface area contributed by atoms with Gasteiger partial charge < -0.3 is 30.4 Å². The van der Waals surface area contributed by atoms with Crippen LogP contribution in [0.3, 0.4) is 0 Å². The molecule has 0 saturated carbocycles. The molecule has 0 aliphatic heterocycles. The zero-order valence-electron chi connectivity index (χ0n) is 21.5. The van der Waals surface area contributed by atoms with Crippen molar-refractivity contribution in [1.29, 1.82) is 5.26 Å². The number of benzene rings is 3. The number of aromatic nitrogens is 1. The second-order valence-electron chi connectivity index (χ2n) is 9.53. The number of hydrogen-bond donors (Lipinski definition) is 5. The largest absolute Gasteiger partial charge is 0.489 e. The summed E-state index contributed by atoms with van der Waals surface area (Å²) in [5.41, 5.74) is 3.07. The van der Waals surface area contributed by atoms with Crippen LogP contribution in [0.15, 0.2) is 85.1 Å². The maximum atomic E-state index is 10.3. The van der Waals surface area contributed by atoms with Crippen molar-refractivity contribution in [2.24, 2.45) is 0 Å². The summed E-state index contributed by atoms with van der Waals surface area (Å²) in [7, 11) is 0. The second kappa shape index (κ2) is 13.4. The molecule has 0 aliphatic rings. The summed E-state index contributed by atoms with van der Waals surface area (Å²) >= 11 is 0. The Bertz CT molecular complexity index is 1360. The first-order valence-corrected chi connectivity index (χ1v) is 12.3. The summed E-state index contributed by atoms with van der Waals surface area (Å²) in [5, 5.41) is 41.4. The molecule has 198 valence electrons. The number of nitriles is 1. The van der Waals surface area contributed by atoms with Gasteiger partial charge in [0.25, 0.3) is 0 Å². The highest BCUT2D eigenvalue weighted by Gasteiger charge is 2.21. The molecule has 8 heteroatoms. The molecule has 3 aromatic carbocycles. The van der Waals surface area contributed by atoms with Gasteiger partial charge in [0.15, 0.2) is 6.10 Å². The molecule has 0 fully saturated rings. The Morgan fingerprint density at radius 1 is 1.03 bits per heavy atom. The lowest BCUT2D eigenvalue weighted by molar-refractivity contribution is -0.146. The Balaban J connectivity index is 0.000000304. The van der Waals surface area contributed by atoms with Crippen LogP contribution in [-0.2, 0) is 11.2 Å². The zero-order chi connectivity index (χ0) is 27.5. The van der Waals surface area contributed by atoms with Crippen LogP contribution in [-0.4, -0.2) is 51.1 Å². The molecule has 0 radical (unpaired) electrons. The summed E-state index contributed by atoms with van der Waals surface area (Å²) in [4.78, 5) is 13.6. The van der Waals surface area contributed by atoms with Crippen LogP contribution in [0.2, 0.25) is 0 Å². The summed E-state index contributed by atoms with van der Waals surface area (Å²) in [5.74, 6) is -0.728. The number of ether oxygens (including phenoxy) is 1. The lowest BCUT2D eigenvalue weighted by Gasteiger charge is -2.28. The first-order valence-electron chi connectivity index (χ1n) is 12.3. The van der Waals surface area contributed by atoms with E-state index in [0.29, 0.717) is 23.4 Å². The summed E-state index contributed by atoms with van der Waals surface area (Å²) < 4.78 is 5.60. The van der Waals surface area contributed by atoms with E-state index in [9.17, 15) is 9.90 Å². The second-order valence-corrected chi connectivity index (χ2v) is 9.53. The van der Waals surface area contributed by atoms with Crippen LogP contribution in [0.25, 0.3) is 10.9 Å². The molecular weight excluding hydrogens is 482 g/mol. The first-order chi connectivity index (χ1) is 18.2. The van der Waals surface area contributed by atoms with E-state index in [-0.39, 0.29) is 12.1 Å². The van der Waals surface area contributed by atoms with Crippen LogP contribution < -0.4 is 10.1 Å². The van der Waals surface area contributed by atoms with Crippen molar-refractivity contribution in [3.8, 4) is 11.8 Å². The molecule has 1 aromatic heterocycles. The van der Waals surface area contributed by atoms with Crippen molar-refractivity contribution < 1.29 is 24.9 Å². The van der Waals surface area contributed by atoms with E-state index in [2.05, 4.69) is 42.4 Å². The fourth-order valence-electron chi connectivity index (χ4n) is 3.92. The number of aliphatic hydroxyl groups is 2. The summed E-state index contributed by atoms with van der Waals surface area (Å²) in [6, 6.07) is 25.6. The molecule has 0 spiro atoms. The molecule has 4 aromatic rings. The third-order valence-corrected chi connectivity index (χ3v) is 5.91. The number of aromatic amines is 1. The molecule has 8 nitrogen and oxygen atoms in total. The number of hydrogen-bond acceptors (Lipinski definition) is 6. The quantitative estimate of drug-likeness (QED) is 0.213. The smallest absolute Gasteiger partial charge is 0.337 e. The van der Waals surface area contributed by atoms with Gasteiger partial charge in [-0.3, -0.25) is 0 Å². The third-order valence-electron chi connectivity index (χ3n) is 5.91. The van der Waals surface area contributed by atoms with Gasteiger partial charge in [-0.05, 0) is 49.6 Å².